The molecule has 0 spiro atoms. The van der Waals surface area contributed by atoms with E-state index >= 15 is 0 Å². The van der Waals surface area contributed by atoms with Gasteiger partial charge in [-0.2, -0.15) is 0 Å². The molecule has 0 fully saturated rings. The third kappa shape index (κ3) is 12.5. The zero-order chi connectivity index (χ0) is 29.9. The lowest BCUT2D eigenvalue weighted by molar-refractivity contribution is -0.153. The van der Waals surface area contributed by atoms with Crippen LogP contribution in [-0.4, -0.2) is 55.3 Å². The summed E-state index contributed by atoms with van der Waals surface area (Å²) < 4.78 is 11.3. The Bertz CT molecular complexity index is 1080. The van der Waals surface area contributed by atoms with Gasteiger partial charge >= 0.3 is 5.97 Å². The Morgan fingerprint density at radius 3 is 2.24 bits per heavy atom. The van der Waals surface area contributed by atoms with Crippen LogP contribution in [0.25, 0.3) is 0 Å². The molecule has 0 unspecified atom stereocenters. The molecule has 2 amide bonds. The van der Waals surface area contributed by atoms with Crippen LogP contribution in [0.3, 0.4) is 0 Å². The van der Waals surface area contributed by atoms with E-state index in [1.807, 2.05) is 66.7 Å². The van der Waals surface area contributed by atoms with Crippen molar-refractivity contribution in [1.29, 1.82) is 0 Å². The number of hydrogen-bond acceptors (Lipinski definition) is 6. The maximum Gasteiger partial charge on any atom is 0.306 e. The van der Waals surface area contributed by atoms with Crippen LogP contribution >= 0.6 is 0 Å². The molecule has 222 valence electrons. The van der Waals surface area contributed by atoms with E-state index in [0.717, 1.165) is 24.0 Å². The van der Waals surface area contributed by atoms with Crippen molar-refractivity contribution in [2.24, 2.45) is 5.92 Å². The maximum absolute atomic E-state index is 13.5. The van der Waals surface area contributed by atoms with E-state index in [2.05, 4.69) is 23.8 Å². The summed E-state index contributed by atoms with van der Waals surface area (Å²) >= 11 is 0. The number of nitrogens with one attached hydrogen (secondary N) is 2. The first-order chi connectivity index (χ1) is 19.9. The Balaban J connectivity index is 2.12. The van der Waals surface area contributed by atoms with E-state index in [4.69, 9.17) is 9.47 Å². The molecule has 41 heavy (non-hydrogen) atoms. The highest BCUT2D eigenvalue weighted by Gasteiger charge is 2.31. The molecule has 8 nitrogen and oxygen atoms in total. The first kappa shape index (κ1) is 33.5. The summed E-state index contributed by atoms with van der Waals surface area (Å²) in [7, 11) is 1.51. The van der Waals surface area contributed by atoms with Gasteiger partial charge in [0.05, 0.1) is 31.2 Å². The van der Waals surface area contributed by atoms with Crippen molar-refractivity contribution < 1.29 is 29.0 Å². The SMILES string of the molecule is C=CCCCCC(=O)O[C@@H](c1ccccc1)[C@H](COC)NC(=O)[C@H](CC=C)CC(=O)N[C@@H](CO)Cc1ccccc1. The fourth-order valence-electron chi connectivity index (χ4n) is 4.52. The van der Waals surface area contributed by atoms with Gasteiger partial charge in [0.1, 0.15) is 6.10 Å². The van der Waals surface area contributed by atoms with Crippen LogP contribution in [0.15, 0.2) is 86.0 Å². The van der Waals surface area contributed by atoms with E-state index in [9.17, 15) is 19.5 Å². The molecule has 0 saturated heterocycles. The molecule has 2 aromatic carbocycles. The molecule has 0 aliphatic heterocycles. The normalized spacial score (nSPS) is 13.7. The molecular formula is C33H44N2O6. The van der Waals surface area contributed by atoms with Crippen molar-refractivity contribution in [2.45, 2.75) is 63.1 Å². The summed E-state index contributed by atoms with van der Waals surface area (Å²) in [5, 5.41) is 15.6. The quantitative estimate of drug-likeness (QED) is 0.124. The van der Waals surface area contributed by atoms with Gasteiger partial charge in [-0.3, -0.25) is 14.4 Å². The molecule has 0 saturated carbocycles. The lowest BCUT2D eigenvalue weighted by atomic mass is 9.97. The smallest absolute Gasteiger partial charge is 0.306 e. The van der Waals surface area contributed by atoms with E-state index in [-0.39, 0.29) is 50.3 Å². The summed E-state index contributed by atoms with van der Waals surface area (Å²) in [6.07, 6.45) is 5.83. The van der Waals surface area contributed by atoms with Gasteiger partial charge in [0.15, 0.2) is 0 Å². The van der Waals surface area contributed by atoms with Crippen LogP contribution in [0.5, 0.6) is 0 Å². The number of amides is 2. The second-order valence-electron chi connectivity index (χ2n) is 9.99. The largest absolute Gasteiger partial charge is 0.455 e. The number of carbonyl (C=O) groups is 3. The molecule has 0 heterocycles. The number of methoxy groups -OCH3 is 1. The highest BCUT2D eigenvalue weighted by Crippen LogP contribution is 2.24. The van der Waals surface area contributed by atoms with E-state index in [1.54, 1.807) is 6.08 Å². The fourth-order valence-corrected chi connectivity index (χ4v) is 4.52. The Morgan fingerprint density at radius 2 is 1.63 bits per heavy atom. The minimum atomic E-state index is -0.783. The Morgan fingerprint density at radius 1 is 0.951 bits per heavy atom. The standard InChI is InChI=1S/C33H44N2O6/c1-4-6-7-14-20-31(38)41-32(26-18-12-9-13-19-26)29(24-40-3)35-33(39)27(15-5-2)22-30(37)34-28(23-36)21-25-16-10-8-11-17-25/h4-5,8-13,16-19,27-29,32,36H,1-2,6-7,14-15,20-24H2,3H3,(H,34,37)(H,35,39)/t27-,28-,29+,32+/m1/s1. The zero-order valence-corrected chi connectivity index (χ0v) is 24.0. The lowest BCUT2D eigenvalue weighted by Crippen LogP contribution is -2.47. The Labute approximate surface area is 243 Å². The molecule has 0 aliphatic carbocycles. The van der Waals surface area contributed by atoms with Crippen molar-refractivity contribution in [2.75, 3.05) is 20.3 Å². The molecule has 0 radical (unpaired) electrons. The molecule has 2 aromatic rings. The summed E-state index contributed by atoms with van der Waals surface area (Å²) in [6.45, 7) is 7.31. The highest BCUT2D eigenvalue weighted by atomic mass is 16.5. The predicted molar refractivity (Wildman–Crippen MR) is 160 cm³/mol. The summed E-state index contributed by atoms with van der Waals surface area (Å²) in [5.41, 5.74) is 1.70. The topological polar surface area (TPSA) is 114 Å². The van der Waals surface area contributed by atoms with Crippen LogP contribution in [0.2, 0.25) is 0 Å². The minimum absolute atomic E-state index is 0.0890. The number of carbonyl (C=O) groups excluding carboxylic acids is 3. The third-order valence-electron chi connectivity index (χ3n) is 6.63. The van der Waals surface area contributed by atoms with Gasteiger partial charge in [-0.1, -0.05) is 72.8 Å². The van der Waals surface area contributed by atoms with Gasteiger partial charge < -0.3 is 25.2 Å². The van der Waals surface area contributed by atoms with Gasteiger partial charge in [-0.15, -0.1) is 13.2 Å². The first-order valence-electron chi connectivity index (χ1n) is 14.1. The van der Waals surface area contributed by atoms with Crippen molar-refractivity contribution >= 4 is 17.8 Å². The maximum atomic E-state index is 13.5. The van der Waals surface area contributed by atoms with Gasteiger partial charge in [0.2, 0.25) is 11.8 Å². The molecule has 4 atom stereocenters. The molecule has 0 aliphatic rings. The number of aliphatic hydroxyl groups is 1. The van der Waals surface area contributed by atoms with E-state index < -0.39 is 24.1 Å². The van der Waals surface area contributed by atoms with Crippen molar-refractivity contribution in [1.82, 2.24) is 10.6 Å². The van der Waals surface area contributed by atoms with Crippen molar-refractivity contribution in [3.05, 3.63) is 97.1 Å². The van der Waals surface area contributed by atoms with Gasteiger partial charge in [0, 0.05) is 20.0 Å². The molecule has 2 rings (SSSR count). The van der Waals surface area contributed by atoms with E-state index in [1.165, 1.54) is 7.11 Å². The molecule has 3 N–H and O–H groups in total. The van der Waals surface area contributed by atoms with E-state index in [0.29, 0.717) is 12.8 Å². The number of rotatable bonds is 20. The number of ether oxygens (including phenoxy) is 2. The molecular weight excluding hydrogens is 520 g/mol. The lowest BCUT2D eigenvalue weighted by Gasteiger charge is -2.29. The van der Waals surface area contributed by atoms with Gasteiger partial charge in [0.25, 0.3) is 0 Å². The third-order valence-corrected chi connectivity index (χ3v) is 6.63. The highest BCUT2D eigenvalue weighted by molar-refractivity contribution is 5.86. The molecule has 0 bridgehead atoms. The monoisotopic (exact) mass is 564 g/mol. The first-order valence-corrected chi connectivity index (χ1v) is 14.1. The number of unbranched alkanes of at least 4 members (excludes halogenated alkanes) is 2. The predicted octanol–water partition coefficient (Wildman–Crippen LogP) is 4.45. The number of benzene rings is 2. The second-order valence-corrected chi connectivity index (χ2v) is 9.99. The van der Waals surface area contributed by atoms with Crippen molar-refractivity contribution in [3.63, 3.8) is 0 Å². The zero-order valence-electron chi connectivity index (χ0n) is 24.0. The van der Waals surface area contributed by atoms with Gasteiger partial charge in [-0.05, 0) is 43.2 Å². The minimum Gasteiger partial charge on any atom is -0.455 e. The summed E-state index contributed by atoms with van der Waals surface area (Å²) in [6, 6.07) is 17.6. The van der Waals surface area contributed by atoms with Crippen LogP contribution in [-0.2, 0) is 30.3 Å². The van der Waals surface area contributed by atoms with Gasteiger partial charge in [-0.25, -0.2) is 0 Å². The number of hydrogen-bond donors (Lipinski definition) is 3. The van der Waals surface area contributed by atoms with Crippen molar-refractivity contribution in [3.8, 4) is 0 Å². The number of esters is 1. The Hall–Kier alpha value is -3.75. The van der Waals surface area contributed by atoms with Crippen LogP contribution < -0.4 is 10.6 Å². The van der Waals surface area contributed by atoms with Crippen LogP contribution in [0, 0.1) is 5.92 Å². The molecule has 8 heteroatoms. The average molecular weight is 565 g/mol. The molecule has 0 aromatic heterocycles. The average Bonchev–Trinajstić information content (AvgIpc) is 2.98. The fraction of sp³-hybridized carbons (Fsp3) is 0.424. The Kier molecular flexibility index (Phi) is 15.8. The number of allylic oxidation sites excluding steroid dienone is 2. The summed E-state index contributed by atoms with van der Waals surface area (Å²) in [4.78, 5) is 39.1. The number of aliphatic hydroxyl groups excluding tert-OH is 1. The second kappa shape index (κ2) is 19.3. The van der Waals surface area contributed by atoms with Crippen LogP contribution in [0.4, 0.5) is 0 Å². The summed E-state index contributed by atoms with van der Waals surface area (Å²) in [5.74, 6) is -1.81. The van der Waals surface area contributed by atoms with Crippen LogP contribution in [0.1, 0.15) is 55.8 Å².